The molecule has 0 spiro atoms. The SMILES string of the molecule is COCCn1c(N/N=C/c2ccccc2Cl)nc2c1c(=O)[nH]c(=O)n2C. The Morgan fingerprint density at radius 1 is 1.38 bits per heavy atom. The number of ether oxygens (including phenoxy) is 1. The topological polar surface area (TPSA) is 106 Å². The Balaban J connectivity index is 2.03. The third-order valence-corrected chi connectivity index (χ3v) is 4.14. The second-order valence-electron chi connectivity index (χ2n) is 5.46. The van der Waals surface area contributed by atoms with Gasteiger partial charge in [-0.25, -0.2) is 10.2 Å². The standard InChI is InChI=1S/C16H17ClN6O3/c1-22-13-12(14(24)20-16(22)25)23(7-8-26-2)15(19-13)21-18-9-10-5-3-4-6-11(10)17/h3-6,9H,7-8H2,1-2H3,(H,19,21)(H,20,24,25)/b18-9+. The van der Waals surface area contributed by atoms with Gasteiger partial charge >= 0.3 is 5.69 Å². The number of fused-ring (bicyclic) bond motifs is 1. The second-order valence-corrected chi connectivity index (χ2v) is 5.87. The summed E-state index contributed by atoms with van der Waals surface area (Å²) in [5, 5.41) is 4.70. The van der Waals surface area contributed by atoms with E-state index in [1.54, 1.807) is 24.0 Å². The fraction of sp³-hybridized carbons (Fsp3) is 0.250. The van der Waals surface area contributed by atoms with Crippen LogP contribution in [-0.4, -0.2) is 39.0 Å². The van der Waals surface area contributed by atoms with Crippen LogP contribution in [0, 0.1) is 0 Å². The normalized spacial score (nSPS) is 11.5. The minimum atomic E-state index is -0.537. The molecule has 2 heterocycles. The van der Waals surface area contributed by atoms with Gasteiger partial charge in [-0.15, -0.1) is 0 Å². The van der Waals surface area contributed by atoms with Gasteiger partial charge in [0, 0.05) is 31.3 Å². The minimum absolute atomic E-state index is 0.255. The molecule has 2 aromatic heterocycles. The van der Waals surface area contributed by atoms with Gasteiger partial charge in [-0.2, -0.15) is 10.1 Å². The fourth-order valence-electron chi connectivity index (χ4n) is 2.46. The zero-order valence-electron chi connectivity index (χ0n) is 14.2. The summed E-state index contributed by atoms with van der Waals surface area (Å²) >= 11 is 6.09. The van der Waals surface area contributed by atoms with E-state index in [9.17, 15) is 9.59 Å². The molecule has 2 N–H and O–H groups in total. The molecule has 3 aromatic rings. The van der Waals surface area contributed by atoms with Crippen molar-refractivity contribution in [1.82, 2.24) is 19.1 Å². The number of rotatable bonds is 6. The quantitative estimate of drug-likeness (QED) is 0.496. The summed E-state index contributed by atoms with van der Waals surface area (Å²) in [6.45, 7) is 0.717. The number of aromatic amines is 1. The van der Waals surface area contributed by atoms with Crippen molar-refractivity contribution in [2.45, 2.75) is 6.54 Å². The van der Waals surface area contributed by atoms with Gasteiger partial charge in [0.15, 0.2) is 11.2 Å². The molecule has 0 aliphatic carbocycles. The van der Waals surface area contributed by atoms with Crippen LogP contribution in [0.3, 0.4) is 0 Å². The van der Waals surface area contributed by atoms with Gasteiger partial charge in [-0.05, 0) is 6.07 Å². The van der Waals surface area contributed by atoms with E-state index in [-0.39, 0.29) is 11.2 Å². The summed E-state index contributed by atoms with van der Waals surface area (Å²) in [4.78, 5) is 30.6. The zero-order valence-corrected chi connectivity index (χ0v) is 14.9. The van der Waals surface area contributed by atoms with E-state index in [2.05, 4.69) is 20.5 Å². The number of H-pyrrole nitrogens is 1. The number of hydrazone groups is 1. The van der Waals surface area contributed by atoms with E-state index in [0.29, 0.717) is 24.1 Å². The Kier molecular flexibility index (Phi) is 5.19. The molecule has 0 bridgehead atoms. The number of benzene rings is 1. The summed E-state index contributed by atoms with van der Waals surface area (Å²) in [5.74, 6) is 0.312. The number of hydrogen-bond acceptors (Lipinski definition) is 6. The van der Waals surface area contributed by atoms with Crippen molar-refractivity contribution < 1.29 is 4.74 Å². The van der Waals surface area contributed by atoms with Crippen molar-refractivity contribution >= 4 is 34.9 Å². The summed E-state index contributed by atoms with van der Waals surface area (Å²) in [6, 6.07) is 7.24. The van der Waals surface area contributed by atoms with E-state index in [1.807, 2.05) is 18.2 Å². The maximum absolute atomic E-state index is 12.2. The number of nitrogens with one attached hydrogen (secondary N) is 2. The van der Waals surface area contributed by atoms with Crippen LogP contribution < -0.4 is 16.7 Å². The van der Waals surface area contributed by atoms with Crippen molar-refractivity contribution in [3.8, 4) is 0 Å². The van der Waals surface area contributed by atoms with E-state index >= 15 is 0 Å². The van der Waals surface area contributed by atoms with E-state index in [0.717, 1.165) is 5.56 Å². The Hall–Kier alpha value is -2.91. The molecule has 0 fully saturated rings. The lowest BCUT2D eigenvalue weighted by atomic mass is 10.2. The van der Waals surface area contributed by atoms with Crippen LogP contribution in [0.2, 0.25) is 5.02 Å². The zero-order chi connectivity index (χ0) is 18.7. The van der Waals surface area contributed by atoms with Crippen molar-refractivity contribution in [3.63, 3.8) is 0 Å². The summed E-state index contributed by atoms with van der Waals surface area (Å²) in [5.41, 5.74) is 2.99. The lowest BCUT2D eigenvalue weighted by Gasteiger charge is -2.07. The number of nitrogens with zero attached hydrogens (tertiary/aromatic N) is 4. The van der Waals surface area contributed by atoms with Crippen LogP contribution in [0.25, 0.3) is 11.2 Å². The molecule has 0 radical (unpaired) electrons. The first-order valence-corrected chi connectivity index (χ1v) is 8.13. The van der Waals surface area contributed by atoms with Gasteiger partial charge in [0.25, 0.3) is 5.56 Å². The van der Waals surface area contributed by atoms with Gasteiger partial charge in [-0.3, -0.25) is 14.3 Å². The highest BCUT2D eigenvalue weighted by atomic mass is 35.5. The summed E-state index contributed by atoms with van der Waals surface area (Å²) in [7, 11) is 3.09. The fourth-order valence-corrected chi connectivity index (χ4v) is 2.64. The number of imidazole rings is 1. The Labute approximate surface area is 152 Å². The molecule has 0 aliphatic heterocycles. The molecule has 0 amide bonds. The highest BCUT2D eigenvalue weighted by molar-refractivity contribution is 6.33. The first kappa shape index (κ1) is 17.9. The highest BCUT2D eigenvalue weighted by Crippen LogP contribution is 2.16. The van der Waals surface area contributed by atoms with Crippen molar-refractivity contribution in [2.75, 3.05) is 19.1 Å². The molecule has 0 atom stereocenters. The largest absolute Gasteiger partial charge is 0.383 e. The summed E-state index contributed by atoms with van der Waals surface area (Å²) in [6.07, 6.45) is 1.55. The first-order chi connectivity index (χ1) is 12.5. The Morgan fingerprint density at radius 2 is 2.15 bits per heavy atom. The number of aryl methyl sites for hydroxylation is 1. The predicted octanol–water partition coefficient (Wildman–Crippen LogP) is 1.17. The number of anilines is 1. The number of aromatic nitrogens is 4. The maximum Gasteiger partial charge on any atom is 0.329 e. The van der Waals surface area contributed by atoms with E-state index in [1.165, 1.54) is 11.6 Å². The Morgan fingerprint density at radius 3 is 2.88 bits per heavy atom. The van der Waals surface area contributed by atoms with Crippen LogP contribution in [0.4, 0.5) is 5.95 Å². The molecule has 26 heavy (non-hydrogen) atoms. The third-order valence-electron chi connectivity index (χ3n) is 3.80. The Bertz CT molecular complexity index is 1080. The molecule has 136 valence electrons. The first-order valence-electron chi connectivity index (χ1n) is 7.75. The number of hydrogen-bond donors (Lipinski definition) is 2. The van der Waals surface area contributed by atoms with Crippen molar-refractivity contribution in [3.05, 3.63) is 55.7 Å². The average Bonchev–Trinajstić information content (AvgIpc) is 2.99. The number of methoxy groups -OCH3 is 1. The van der Waals surface area contributed by atoms with Gasteiger partial charge in [0.2, 0.25) is 5.95 Å². The third kappa shape index (κ3) is 3.39. The van der Waals surface area contributed by atoms with Crippen LogP contribution in [-0.2, 0) is 18.3 Å². The number of halogens is 1. The highest BCUT2D eigenvalue weighted by Gasteiger charge is 2.16. The lowest BCUT2D eigenvalue weighted by molar-refractivity contribution is 0.188. The maximum atomic E-state index is 12.2. The molecule has 0 saturated carbocycles. The molecule has 0 aliphatic rings. The molecule has 0 saturated heterocycles. The molecule has 3 rings (SSSR count). The molecular formula is C16H17ClN6O3. The summed E-state index contributed by atoms with van der Waals surface area (Å²) < 4.78 is 7.97. The smallest absolute Gasteiger partial charge is 0.329 e. The molecule has 9 nitrogen and oxygen atoms in total. The predicted molar refractivity (Wildman–Crippen MR) is 100 cm³/mol. The molecule has 0 unspecified atom stereocenters. The van der Waals surface area contributed by atoms with Gasteiger partial charge < -0.3 is 9.30 Å². The van der Waals surface area contributed by atoms with Crippen LogP contribution >= 0.6 is 11.6 Å². The van der Waals surface area contributed by atoms with Crippen molar-refractivity contribution in [2.24, 2.45) is 12.1 Å². The average molecular weight is 377 g/mol. The van der Waals surface area contributed by atoms with Crippen LogP contribution in [0.5, 0.6) is 0 Å². The molecule has 10 heteroatoms. The second kappa shape index (κ2) is 7.54. The molecular weight excluding hydrogens is 360 g/mol. The van der Waals surface area contributed by atoms with Crippen molar-refractivity contribution in [1.29, 1.82) is 0 Å². The monoisotopic (exact) mass is 376 g/mol. The van der Waals surface area contributed by atoms with Gasteiger partial charge in [0.1, 0.15) is 0 Å². The van der Waals surface area contributed by atoms with Crippen LogP contribution in [0.15, 0.2) is 39.0 Å². The van der Waals surface area contributed by atoms with E-state index in [4.69, 9.17) is 16.3 Å². The minimum Gasteiger partial charge on any atom is -0.383 e. The lowest BCUT2D eigenvalue weighted by Crippen LogP contribution is -2.29. The molecule has 1 aromatic carbocycles. The van der Waals surface area contributed by atoms with Gasteiger partial charge in [-0.1, -0.05) is 29.8 Å². The van der Waals surface area contributed by atoms with Crippen LogP contribution in [0.1, 0.15) is 5.56 Å². The van der Waals surface area contributed by atoms with Gasteiger partial charge in [0.05, 0.1) is 12.8 Å². The van der Waals surface area contributed by atoms with E-state index < -0.39 is 11.2 Å².